The van der Waals surface area contributed by atoms with Crippen molar-refractivity contribution in [2.24, 2.45) is 5.92 Å². The molecule has 0 aliphatic heterocycles. The van der Waals surface area contributed by atoms with Crippen LogP contribution in [0.5, 0.6) is 0 Å². The van der Waals surface area contributed by atoms with Crippen molar-refractivity contribution < 1.29 is 27.9 Å². The summed E-state index contributed by atoms with van der Waals surface area (Å²) in [7, 11) is 0. The van der Waals surface area contributed by atoms with Gasteiger partial charge in [-0.3, -0.25) is 0 Å². The maximum absolute atomic E-state index is 12.3. The average Bonchev–Trinajstić information content (AvgIpc) is 2.22. The van der Waals surface area contributed by atoms with E-state index in [1.807, 2.05) is 0 Å². The van der Waals surface area contributed by atoms with Crippen LogP contribution in [0, 0.1) is 5.92 Å². The Hall–Kier alpha value is -1.47. The van der Waals surface area contributed by atoms with Crippen LogP contribution in [-0.4, -0.2) is 47.3 Å². The molecule has 0 aliphatic rings. The Labute approximate surface area is 109 Å². The van der Waals surface area contributed by atoms with Crippen LogP contribution in [0.1, 0.15) is 27.2 Å². The Morgan fingerprint density at radius 1 is 1.32 bits per heavy atom. The molecule has 0 aromatic carbocycles. The highest BCUT2D eigenvalue weighted by atomic mass is 19.4. The molecule has 112 valence electrons. The van der Waals surface area contributed by atoms with Crippen molar-refractivity contribution in [1.82, 2.24) is 10.2 Å². The minimum Gasteiger partial charge on any atom is -0.480 e. The highest BCUT2D eigenvalue weighted by Crippen LogP contribution is 2.17. The molecule has 8 heteroatoms. The van der Waals surface area contributed by atoms with Gasteiger partial charge in [0.05, 0.1) is 0 Å². The van der Waals surface area contributed by atoms with Crippen LogP contribution in [0.2, 0.25) is 0 Å². The third-order valence-corrected chi connectivity index (χ3v) is 2.36. The molecular formula is C11H19F3N2O3. The Morgan fingerprint density at radius 3 is 2.16 bits per heavy atom. The molecule has 2 N–H and O–H groups in total. The molecule has 0 aromatic heterocycles. The molecule has 0 saturated carbocycles. The molecule has 0 bridgehead atoms. The summed E-state index contributed by atoms with van der Waals surface area (Å²) in [6.45, 7) is 3.28. The number of hydrogen-bond acceptors (Lipinski definition) is 2. The van der Waals surface area contributed by atoms with E-state index < -0.39 is 36.7 Å². The standard InChI is InChI=1S/C11H19F3N2O3/c1-4-5-16(6-11(12,13)14)10(19)15-8(7(2)3)9(17)18/h7-8H,4-6H2,1-3H3,(H,15,19)(H,17,18). The Bertz CT molecular complexity index is 319. The maximum atomic E-state index is 12.3. The van der Waals surface area contributed by atoms with Crippen LogP contribution in [0.4, 0.5) is 18.0 Å². The van der Waals surface area contributed by atoms with Crippen molar-refractivity contribution in [2.75, 3.05) is 13.1 Å². The molecule has 0 saturated heterocycles. The minimum atomic E-state index is -4.51. The lowest BCUT2D eigenvalue weighted by Crippen LogP contribution is -2.52. The van der Waals surface area contributed by atoms with Crippen molar-refractivity contribution in [3.8, 4) is 0 Å². The van der Waals surface area contributed by atoms with E-state index >= 15 is 0 Å². The van der Waals surface area contributed by atoms with Crippen LogP contribution in [0.25, 0.3) is 0 Å². The second-order valence-corrected chi connectivity index (χ2v) is 4.55. The zero-order chi connectivity index (χ0) is 15.2. The molecule has 19 heavy (non-hydrogen) atoms. The van der Waals surface area contributed by atoms with Gasteiger partial charge in [0, 0.05) is 6.54 Å². The van der Waals surface area contributed by atoms with E-state index in [4.69, 9.17) is 5.11 Å². The van der Waals surface area contributed by atoms with Gasteiger partial charge >= 0.3 is 18.2 Å². The normalized spacial score (nSPS) is 13.2. The fraction of sp³-hybridized carbons (Fsp3) is 0.818. The average molecular weight is 284 g/mol. The summed E-state index contributed by atoms with van der Waals surface area (Å²) in [6, 6.07) is -2.22. The molecule has 0 aromatic rings. The SMILES string of the molecule is CCCN(CC(F)(F)F)C(=O)NC(C(=O)O)C(C)C. The first-order chi connectivity index (χ1) is 8.58. The van der Waals surface area contributed by atoms with E-state index in [0.717, 1.165) is 0 Å². The first kappa shape index (κ1) is 17.5. The summed E-state index contributed by atoms with van der Waals surface area (Å²) >= 11 is 0. The molecule has 0 aliphatic carbocycles. The molecule has 5 nitrogen and oxygen atoms in total. The fourth-order valence-electron chi connectivity index (χ4n) is 1.48. The summed E-state index contributed by atoms with van der Waals surface area (Å²) < 4.78 is 36.9. The third kappa shape index (κ3) is 6.88. The number of hydrogen-bond donors (Lipinski definition) is 2. The van der Waals surface area contributed by atoms with E-state index in [-0.39, 0.29) is 6.54 Å². The third-order valence-electron chi connectivity index (χ3n) is 2.36. The van der Waals surface area contributed by atoms with Crippen LogP contribution in [0.15, 0.2) is 0 Å². The van der Waals surface area contributed by atoms with Gasteiger partial charge in [0.1, 0.15) is 12.6 Å². The monoisotopic (exact) mass is 284 g/mol. The lowest BCUT2D eigenvalue weighted by Gasteiger charge is -2.26. The lowest BCUT2D eigenvalue weighted by atomic mass is 10.1. The van der Waals surface area contributed by atoms with Crippen molar-refractivity contribution in [3.63, 3.8) is 0 Å². The molecule has 0 fully saturated rings. The fourth-order valence-corrected chi connectivity index (χ4v) is 1.48. The number of amides is 2. The number of nitrogens with one attached hydrogen (secondary N) is 1. The number of aliphatic carboxylic acids is 1. The number of alkyl halides is 3. The van der Waals surface area contributed by atoms with Gasteiger partial charge in [0.25, 0.3) is 0 Å². The van der Waals surface area contributed by atoms with Gasteiger partial charge in [-0.1, -0.05) is 20.8 Å². The summed E-state index contributed by atoms with van der Waals surface area (Å²) in [5, 5.41) is 11.0. The first-order valence-corrected chi connectivity index (χ1v) is 5.93. The zero-order valence-corrected chi connectivity index (χ0v) is 11.1. The van der Waals surface area contributed by atoms with E-state index in [1.54, 1.807) is 20.8 Å². The van der Waals surface area contributed by atoms with Crippen LogP contribution in [-0.2, 0) is 4.79 Å². The van der Waals surface area contributed by atoms with E-state index in [9.17, 15) is 22.8 Å². The molecule has 0 spiro atoms. The number of carbonyl (C=O) groups is 2. The number of carbonyl (C=O) groups excluding carboxylic acids is 1. The quantitative estimate of drug-likeness (QED) is 0.784. The number of urea groups is 1. The number of carboxylic acid groups (broad SMARTS) is 1. The van der Waals surface area contributed by atoms with Crippen LogP contribution < -0.4 is 5.32 Å². The molecule has 0 radical (unpaired) electrons. The lowest BCUT2D eigenvalue weighted by molar-refractivity contribution is -0.141. The molecular weight excluding hydrogens is 265 g/mol. The largest absolute Gasteiger partial charge is 0.480 e. The molecule has 0 rings (SSSR count). The highest BCUT2D eigenvalue weighted by molar-refractivity contribution is 5.82. The Morgan fingerprint density at radius 2 is 1.84 bits per heavy atom. The summed E-state index contributed by atoms with van der Waals surface area (Å²) in [5.74, 6) is -1.69. The molecule has 1 unspecified atom stereocenters. The second kappa shape index (κ2) is 7.20. The van der Waals surface area contributed by atoms with Crippen molar-refractivity contribution in [3.05, 3.63) is 0 Å². The second-order valence-electron chi connectivity index (χ2n) is 4.55. The van der Waals surface area contributed by atoms with Gasteiger partial charge in [-0.15, -0.1) is 0 Å². The van der Waals surface area contributed by atoms with Gasteiger partial charge in [0.15, 0.2) is 0 Å². The Balaban J connectivity index is 4.76. The number of rotatable bonds is 6. The van der Waals surface area contributed by atoms with E-state index in [0.29, 0.717) is 11.3 Å². The van der Waals surface area contributed by atoms with Crippen LogP contribution in [0.3, 0.4) is 0 Å². The van der Waals surface area contributed by atoms with Gasteiger partial charge < -0.3 is 15.3 Å². The first-order valence-electron chi connectivity index (χ1n) is 5.93. The Kier molecular flexibility index (Phi) is 6.64. The highest BCUT2D eigenvalue weighted by Gasteiger charge is 2.34. The molecule has 2 amide bonds. The van der Waals surface area contributed by atoms with Crippen molar-refractivity contribution >= 4 is 12.0 Å². The predicted octanol–water partition coefficient (Wildman–Crippen LogP) is 2.08. The van der Waals surface area contributed by atoms with Crippen molar-refractivity contribution in [2.45, 2.75) is 39.4 Å². The van der Waals surface area contributed by atoms with E-state index in [2.05, 4.69) is 5.32 Å². The van der Waals surface area contributed by atoms with Gasteiger partial charge in [0.2, 0.25) is 0 Å². The van der Waals surface area contributed by atoms with Crippen LogP contribution >= 0.6 is 0 Å². The summed E-state index contributed by atoms with van der Waals surface area (Å²) in [5.41, 5.74) is 0. The molecule has 1 atom stereocenters. The predicted molar refractivity (Wildman–Crippen MR) is 62.7 cm³/mol. The molecule has 0 heterocycles. The number of nitrogens with zero attached hydrogens (tertiary/aromatic N) is 1. The topological polar surface area (TPSA) is 69.6 Å². The zero-order valence-electron chi connectivity index (χ0n) is 11.1. The number of carboxylic acids is 1. The minimum absolute atomic E-state index is 0.0875. The summed E-state index contributed by atoms with van der Waals surface area (Å²) in [4.78, 5) is 23.1. The van der Waals surface area contributed by atoms with Gasteiger partial charge in [-0.25, -0.2) is 9.59 Å². The van der Waals surface area contributed by atoms with Gasteiger partial charge in [-0.2, -0.15) is 13.2 Å². The summed E-state index contributed by atoms with van der Waals surface area (Å²) in [6.07, 6.45) is -4.16. The smallest absolute Gasteiger partial charge is 0.406 e. The number of halogens is 3. The van der Waals surface area contributed by atoms with Gasteiger partial charge in [-0.05, 0) is 12.3 Å². The van der Waals surface area contributed by atoms with Crippen molar-refractivity contribution in [1.29, 1.82) is 0 Å². The van der Waals surface area contributed by atoms with E-state index in [1.165, 1.54) is 0 Å². The maximum Gasteiger partial charge on any atom is 0.406 e.